The van der Waals surface area contributed by atoms with Gasteiger partial charge in [0, 0.05) is 26.2 Å². The molecule has 3 rings (SSSR count). The van der Waals surface area contributed by atoms with Crippen molar-refractivity contribution in [2.75, 3.05) is 33.3 Å². The highest BCUT2D eigenvalue weighted by Gasteiger charge is 2.34. The molecule has 2 aromatic carbocycles. The number of nitrogens with zero attached hydrogens (tertiary/aromatic N) is 2. The van der Waals surface area contributed by atoms with E-state index in [0.29, 0.717) is 24.4 Å². The van der Waals surface area contributed by atoms with E-state index < -0.39 is 22.0 Å². The molecule has 1 unspecified atom stereocenters. The van der Waals surface area contributed by atoms with Crippen LogP contribution in [0.2, 0.25) is 0 Å². The summed E-state index contributed by atoms with van der Waals surface area (Å²) in [6.45, 7) is 3.12. The average molecular weight is 404 g/mol. The van der Waals surface area contributed by atoms with Gasteiger partial charge in [0.15, 0.2) is 0 Å². The van der Waals surface area contributed by atoms with E-state index >= 15 is 0 Å². The number of benzene rings is 2. The molecule has 0 aromatic heterocycles. The summed E-state index contributed by atoms with van der Waals surface area (Å²) in [6, 6.07) is 12.9. The predicted octanol–water partition coefficient (Wildman–Crippen LogP) is 2.14. The summed E-state index contributed by atoms with van der Waals surface area (Å²) in [5.41, 5.74) is 1.76. The second kappa shape index (κ2) is 8.30. The third-order valence-electron chi connectivity index (χ3n) is 4.96. The molecule has 1 N–H and O–H groups in total. The van der Waals surface area contributed by atoms with Gasteiger partial charge in [0.1, 0.15) is 11.8 Å². The number of aryl methyl sites for hydroxylation is 1. The first-order chi connectivity index (χ1) is 13.3. The minimum absolute atomic E-state index is 0.204. The fourth-order valence-corrected chi connectivity index (χ4v) is 4.78. The monoisotopic (exact) mass is 404 g/mol. The van der Waals surface area contributed by atoms with Gasteiger partial charge in [-0.15, -0.1) is 0 Å². The summed E-state index contributed by atoms with van der Waals surface area (Å²) in [7, 11) is -2.10. The van der Waals surface area contributed by atoms with Gasteiger partial charge >= 0.3 is 5.97 Å². The minimum Gasteiger partial charge on any atom is -0.497 e. The molecule has 1 saturated heterocycles. The van der Waals surface area contributed by atoms with Gasteiger partial charge in [-0.2, -0.15) is 4.31 Å². The second-order valence-corrected chi connectivity index (χ2v) is 8.70. The van der Waals surface area contributed by atoms with E-state index in [1.54, 1.807) is 12.1 Å². The third kappa shape index (κ3) is 4.19. The number of aliphatic carboxylic acids is 1. The molecule has 0 amide bonds. The van der Waals surface area contributed by atoms with Crippen LogP contribution in [0.3, 0.4) is 0 Å². The SMILES string of the molecule is COc1ccc(S(=O)(=O)N2CCN(C(C(=O)O)c3ccc(C)cc3)CC2)cc1. The van der Waals surface area contributed by atoms with Crippen molar-refractivity contribution < 1.29 is 23.1 Å². The van der Waals surface area contributed by atoms with Crippen LogP contribution in [0.25, 0.3) is 0 Å². The normalized spacial score (nSPS) is 17.2. The first-order valence-corrected chi connectivity index (χ1v) is 10.4. The Hall–Kier alpha value is -2.42. The highest BCUT2D eigenvalue weighted by molar-refractivity contribution is 7.89. The molecule has 0 bridgehead atoms. The van der Waals surface area contributed by atoms with Crippen molar-refractivity contribution in [1.29, 1.82) is 0 Å². The molecule has 2 aromatic rings. The van der Waals surface area contributed by atoms with Crippen LogP contribution in [0.5, 0.6) is 5.75 Å². The van der Waals surface area contributed by atoms with Crippen LogP contribution in [0.4, 0.5) is 0 Å². The molecule has 150 valence electrons. The maximum absolute atomic E-state index is 12.9. The number of hydrogen-bond donors (Lipinski definition) is 1. The lowest BCUT2D eigenvalue weighted by molar-refractivity contribution is -0.144. The van der Waals surface area contributed by atoms with Crippen LogP contribution in [0.15, 0.2) is 53.4 Å². The standard InChI is InChI=1S/C20H24N2O5S/c1-15-3-5-16(6-4-15)19(20(23)24)21-11-13-22(14-12-21)28(25,26)18-9-7-17(27-2)8-10-18/h3-10,19H,11-14H2,1-2H3,(H,23,24). The second-order valence-electron chi connectivity index (χ2n) is 6.77. The maximum atomic E-state index is 12.9. The third-order valence-corrected chi connectivity index (χ3v) is 6.88. The lowest BCUT2D eigenvalue weighted by Gasteiger charge is -2.37. The number of ether oxygens (including phenoxy) is 1. The van der Waals surface area contributed by atoms with E-state index in [9.17, 15) is 18.3 Å². The van der Waals surface area contributed by atoms with Crippen LogP contribution < -0.4 is 4.74 Å². The Balaban J connectivity index is 1.73. The van der Waals surface area contributed by atoms with Gasteiger partial charge in [-0.25, -0.2) is 8.42 Å². The smallest absolute Gasteiger partial charge is 0.325 e. The fraction of sp³-hybridized carbons (Fsp3) is 0.350. The Morgan fingerprint density at radius 1 is 1.00 bits per heavy atom. The van der Waals surface area contributed by atoms with Crippen molar-refractivity contribution in [2.45, 2.75) is 17.9 Å². The van der Waals surface area contributed by atoms with Crippen molar-refractivity contribution in [3.63, 3.8) is 0 Å². The van der Waals surface area contributed by atoms with Crippen molar-refractivity contribution >= 4 is 16.0 Å². The maximum Gasteiger partial charge on any atom is 0.325 e. The zero-order chi connectivity index (χ0) is 20.3. The van der Waals surface area contributed by atoms with Gasteiger partial charge in [-0.1, -0.05) is 29.8 Å². The molecule has 0 radical (unpaired) electrons. The van der Waals surface area contributed by atoms with E-state index in [1.807, 2.05) is 36.1 Å². The van der Waals surface area contributed by atoms with Crippen molar-refractivity contribution in [1.82, 2.24) is 9.21 Å². The topological polar surface area (TPSA) is 87.2 Å². The Morgan fingerprint density at radius 3 is 2.07 bits per heavy atom. The lowest BCUT2D eigenvalue weighted by atomic mass is 10.0. The van der Waals surface area contributed by atoms with Crippen molar-refractivity contribution in [2.24, 2.45) is 0 Å². The largest absolute Gasteiger partial charge is 0.497 e. The van der Waals surface area contributed by atoms with Gasteiger partial charge in [0.25, 0.3) is 0 Å². The molecule has 7 nitrogen and oxygen atoms in total. The zero-order valence-electron chi connectivity index (χ0n) is 15.9. The van der Waals surface area contributed by atoms with E-state index in [0.717, 1.165) is 5.56 Å². The van der Waals surface area contributed by atoms with E-state index in [4.69, 9.17) is 4.74 Å². The zero-order valence-corrected chi connectivity index (χ0v) is 16.7. The first-order valence-electron chi connectivity index (χ1n) is 9.00. The summed E-state index contributed by atoms with van der Waals surface area (Å²) in [5, 5.41) is 9.72. The highest BCUT2D eigenvalue weighted by atomic mass is 32.2. The van der Waals surface area contributed by atoms with Crippen LogP contribution in [-0.4, -0.2) is 62.0 Å². The number of carbonyl (C=O) groups is 1. The Morgan fingerprint density at radius 2 is 1.57 bits per heavy atom. The minimum atomic E-state index is -3.62. The van der Waals surface area contributed by atoms with Crippen molar-refractivity contribution in [3.05, 3.63) is 59.7 Å². The van der Waals surface area contributed by atoms with Gasteiger partial charge in [-0.05, 0) is 36.8 Å². The van der Waals surface area contributed by atoms with E-state index in [2.05, 4.69) is 0 Å². The summed E-state index contributed by atoms with van der Waals surface area (Å²) in [6.07, 6.45) is 0. The number of hydrogen-bond acceptors (Lipinski definition) is 5. The Kier molecular flexibility index (Phi) is 6.02. The molecular weight excluding hydrogens is 380 g/mol. The van der Waals surface area contributed by atoms with E-state index in [-0.39, 0.29) is 18.0 Å². The molecule has 1 fully saturated rings. The molecule has 8 heteroatoms. The van der Waals surface area contributed by atoms with Gasteiger partial charge < -0.3 is 9.84 Å². The number of carboxylic acids is 1. The summed E-state index contributed by atoms with van der Waals surface area (Å²) < 4.78 is 32.2. The summed E-state index contributed by atoms with van der Waals surface area (Å²) in [5.74, 6) is -0.346. The molecule has 1 atom stereocenters. The fourth-order valence-electron chi connectivity index (χ4n) is 3.36. The molecule has 1 aliphatic rings. The molecule has 0 aliphatic carbocycles. The van der Waals surface area contributed by atoms with Gasteiger partial charge in [0.05, 0.1) is 12.0 Å². The Labute approximate surface area is 165 Å². The first kappa shape index (κ1) is 20.3. The number of sulfonamides is 1. The van der Waals surface area contributed by atoms with Crippen molar-refractivity contribution in [3.8, 4) is 5.75 Å². The molecule has 0 saturated carbocycles. The summed E-state index contributed by atoms with van der Waals surface area (Å²) in [4.78, 5) is 13.9. The van der Waals surface area contributed by atoms with Crippen LogP contribution in [0.1, 0.15) is 17.2 Å². The Bertz CT molecular complexity index is 918. The summed E-state index contributed by atoms with van der Waals surface area (Å²) >= 11 is 0. The van der Waals surface area contributed by atoms with Gasteiger partial charge in [0.2, 0.25) is 10.0 Å². The highest BCUT2D eigenvalue weighted by Crippen LogP contribution is 2.26. The number of rotatable bonds is 6. The number of carboxylic acid groups (broad SMARTS) is 1. The van der Waals surface area contributed by atoms with Crippen LogP contribution in [0, 0.1) is 6.92 Å². The van der Waals surface area contributed by atoms with Crippen LogP contribution >= 0.6 is 0 Å². The number of methoxy groups -OCH3 is 1. The average Bonchev–Trinajstić information content (AvgIpc) is 2.70. The molecule has 0 spiro atoms. The quantitative estimate of drug-likeness (QED) is 0.794. The lowest BCUT2D eigenvalue weighted by Crippen LogP contribution is -2.50. The molecule has 1 heterocycles. The number of piperazine rings is 1. The van der Waals surface area contributed by atoms with Gasteiger partial charge in [-0.3, -0.25) is 9.69 Å². The predicted molar refractivity (Wildman–Crippen MR) is 105 cm³/mol. The van der Waals surface area contributed by atoms with E-state index in [1.165, 1.54) is 23.5 Å². The molecule has 1 aliphatic heterocycles. The molecular formula is C20H24N2O5S. The molecule has 28 heavy (non-hydrogen) atoms. The van der Waals surface area contributed by atoms with Crippen LogP contribution in [-0.2, 0) is 14.8 Å².